The van der Waals surface area contributed by atoms with Crippen molar-refractivity contribution in [3.63, 3.8) is 0 Å². The summed E-state index contributed by atoms with van der Waals surface area (Å²) >= 11 is 4.08. The number of phenols is 1. The molecule has 0 fully saturated rings. The Morgan fingerprint density at radius 3 is 2.13 bits per heavy atom. The lowest BCUT2D eigenvalue weighted by molar-refractivity contribution is -0.138. The number of aromatic hydroxyl groups is 1. The van der Waals surface area contributed by atoms with Gasteiger partial charge in [-0.15, -0.1) is 0 Å². The first-order valence-electron chi connectivity index (χ1n) is 9.29. The number of phenolic OH excluding ortho intramolecular Hbond substituents is 1. The van der Waals surface area contributed by atoms with Crippen LogP contribution in [0.4, 0.5) is 0 Å². The van der Waals surface area contributed by atoms with Crippen molar-refractivity contribution in [2.75, 3.05) is 12.3 Å². The Morgan fingerprint density at radius 2 is 1.63 bits per heavy atom. The summed E-state index contributed by atoms with van der Waals surface area (Å²) < 4.78 is 0. The molecule has 10 nitrogen and oxygen atoms in total. The molecule has 0 bridgehead atoms. The van der Waals surface area contributed by atoms with Gasteiger partial charge in [0.15, 0.2) is 0 Å². The second-order valence-electron chi connectivity index (χ2n) is 7.06. The van der Waals surface area contributed by atoms with E-state index in [1.807, 2.05) is 0 Å². The van der Waals surface area contributed by atoms with E-state index >= 15 is 0 Å². The molecule has 166 valence electrons. The Hall–Kier alpha value is -2.79. The highest BCUT2D eigenvalue weighted by Crippen LogP contribution is 2.11. The van der Waals surface area contributed by atoms with Crippen molar-refractivity contribution >= 4 is 36.3 Å². The van der Waals surface area contributed by atoms with Gasteiger partial charge in [-0.1, -0.05) is 26.0 Å². The Bertz CT molecular complexity index is 756. The summed E-state index contributed by atoms with van der Waals surface area (Å²) in [6, 6.07) is 3.26. The number of amides is 3. The van der Waals surface area contributed by atoms with Crippen LogP contribution in [-0.4, -0.2) is 64.3 Å². The van der Waals surface area contributed by atoms with Gasteiger partial charge in [-0.3, -0.25) is 19.2 Å². The van der Waals surface area contributed by atoms with Crippen LogP contribution in [0, 0.1) is 5.92 Å². The highest BCUT2D eigenvalue weighted by molar-refractivity contribution is 7.80. The standard InChI is InChI=1S/C19H28N4O6S/c1-10(2)16(19(29)21-8-15(25)26)23-18(28)14(9-30)22-17(27)13(20)7-11-3-5-12(24)6-4-11/h3-6,10,13-14,16,24,30H,7-9,20H2,1-2H3,(H,21,29)(H,22,27)(H,23,28)(H,25,26). The summed E-state index contributed by atoms with van der Waals surface area (Å²) in [7, 11) is 0. The van der Waals surface area contributed by atoms with Crippen molar-refractivity contribution in [2.24, 2.45) is 11.7 Å². The molecule has 0 heterocycles. The van der Waals surface area contributed by atoms with E-state index < -0.39 is 48.4 Å². The van der Waals surface area contributed by atoms with Gasteiger partial charge in [0, 0.05) is 5.75 Å². The van der Waals surface area contributed by atoms with Crippen LogP contribution in [0.1, 0.15) is 19.4 Å². The molecule has 11 heteroatoms. The summed E-state index contributed by atoms with van der Waals surface area (Å²) in [5.41, 5.74) is 6.64. The number of hydrogen-bond acceptors (Lipinski definition) is 7. The first kappa shape index (κ1) is 25.2. The third-order valence-electron chi connectivity index (χ3n) is 4.21. The molecule has 3 amide bonds. The maximum absolute atomic E-state index is 12.5. The van der Waals surface area contributed by atoms with E-state index in [-0.39, 0.29) is 23.8 Å². The van der Waals surface area contributed by atoms with Gasteiger partial charge in [-0.05, 0) is 30.0 Å². The highest BCUT2D eigenvalue weighted by Gasteiger charge is 2.29. The molecule has 1 aromatic carbocycles. The molecule has 0 saturated heterocycles. The minimum atomic E-state index is -1.21. The number of carboxylic acids is 1. The van der Waals surface area contributed by atoms with Gasteiger partial charge in [0.25, 0.3) is 0 Å². The van der Waals surface area contributed by atoms with E-state index in [2.05, 4.69) is 28.6 Å². The SMILES string of the molecule is CC(C)C(NC(=O)C(CS)NC(=O)C(N)Cc1ccc(O)cc1)C(=O)NCC(=O)O. The van der Waals surface area contributed by atoms with Crippen LogP contribution in [-0.2, 0) is 25.6 Å². The van der Waals surface area contributed by atoms with Crippen LogP contribution in [0.15, 0.2) is 24.3 Å². The molecule has 7 N–H and O–H groups in total. The number of thiol groups is 1. The Balaban J connectivity index is 2.70. The number of rotatable bonds is 11. The smallest absolute Gasteiger partial charge is 0.322 e. The van der Waals surface area contributed by atoms with Crippen molar-refractivity contribution in [3.8, 4) is 5.75 Å². The first-order valence-corrected chi connectivity index (χ1v) is 9.93. The fraction of sp³-hybridized carbons (Fsp3) is 0.474. The number of nitrogens with one attached hydrogen (secondary N) is 3. The van der Waals surface area contributed by atoms with E-state index in [0.717, 1.165) is 5.56 Å². The lowest BCUT2D eigenvalue weighted by Gasteiger charge is -2.25. The number of nitrogens with two attached hydrogens (primary N) is 1. The molecule has 0 spiro atoms. The van der Waals surface area contributed by atoms with Crippen LogP contribution < -0.4 is 21.7 Å². The molecule has 0 aliphatic rings. The lowest BCUT2D eigenvalue weighted by Crippen LogP contribution is -2.58. The second kappa shape index (κ2) is 12.0. The molecular formula is C19H28N4O6S. The highest BCUT2D eigenvalue weighted by atomic mass is 32.1. The van der Waals surface area contributed by atoms with Crippen molar-refractivity contribution in [3.05, 3.63) is 29.8 Å². The van der Waals surface area contributed by atoms with Crippen LogP contribution >= 0.6 is 12.6 Å². The third kappa shape index (κ3) is 8.29. The number of benzene rings is 1. The van der Waals surface area contributed by atoms with Crippen LogP contribution in [0.25, 0.3) is 0 Å². The van der Waals surface area contributed by atoms with Crippen LogP contribution in [0.2, 0.25) is 0 Å². The number of carbonyl (C=O) groups is 4. The van der Waals surface area contributed by atoms with Gasteiger partial charge < -0.3 is 31.9 Å². The fourth-order valence-electron chi connectivity index (χ4n) is 2.51. The largest absolute Gasteiger partial charge is 0.508 e. The monoisotopic (exact) mass is 440 g/mol. The van der Waals surface area contributed by atoms with Gasteiger partial charge in [-0.25, -0.2) is 0 Å². The van der Waals surface area contributed by atoms with Crippen molar-refractivity contribution in [1.82, 2.24) is 16.0 Å². The molecule has 3 atom stereocenters. The van der Waals surface area contributed by atoms with E-state index in [9.17, 15) is 24.3 Å². The van der Waals surface area contributed by atoms with Crippen molar-refractivity contribution in [2.45, 2.75) is 38.4 Å². The predicted octanol–water partition coefficient (Wildman–Crippen LogP) is -0.982. The normalized spacial score (nSPS) is 13.8. The van der Waals surface area contributed by atoms with Crippen LogP contribution in [0.3, 0.4) is 0 Å². The van der Waals surface area contributed by atoms with E-state index in [1.54, 1.807) is 26.0 Å². The minimum Gasteiger partial charge on any atom is -0.508 e. The fourth-order valence-corrected chi connectivity index (χ4v) is 2.77. The third-order valence-corrected chi connectivity index (χ3v) is 4.57. The average Bonchev–Trinajstić information content (AvgIpc) is 2.69. The van der Waals surface area contributed by atoms with Gasteiger partial charge in [0.1, 0.15) is 24.4 Å². The summed E-state index contributed by atoms with van der Waals surface area (Å²) in [5, 5.41) is 25.2. The molecule has 0 aliphatic heterocycles. The first-order chi connectivity index (χ1) is 14.0. The van der Waals surface area contributed by atoms with E-state index in [0.29, 0.717) is 0 Å². The van der Waals surface area contributed by atoms with Gasteiger partial charge in [0.05, 0.1) is 6.04 Å². The second-order valence-corrected chi connectivity index (χ2v) is 7.43. The molecular weight excluding hydrogens is 412 g/mol. The molecule has 0 saturated carbocycles. The molecule has 1 rings (SSSR count). The number of carboxylic acid groups (broad SMARTS) is 1. The van der Waals surface area contributed by atoms with Crippen LogP contribution in [0.5, 0.6) is 5.75 Å². The van der Waals surface area contributed by atoms with E-state index in [1.165, 1.54) is 12.1 Å². The average molecular weight is 441 g/mol. The zero-order valence-electron chi connectivity index (χ0n) is 16.8. The number of carbonyl (C=O) groups excluding carboxylic acids is 3. The summed E-state index contributed by atoms with van der Waals surface area (Å²) in [5.74, 6) is -3.33. The van der Waals surface area contributed by atoms with Gasteiger partial charge in [0.2, 0.25) is 17.7 Å². The summed E-state index contributed by atoms with van der Waals surface area (Å²) in [4.78, 5) is 47.7. The summed E-state index contributed by atoms with van der Waals surface area (Å²) in [6.07, 6.45) is 0.194. The zero-order chi connectivity index (χ0) is 22.8. The lowest BCUT2D eigenvalue weighted by atomic mass is 10.0. The maximum Gasteiger partial charge on any atom is 0.322 e. The number of hydrogen-bond donors (Lipinski definition) is 7. The van der Waals surface area contributed by atoms with E-state index in [4.69, 9.17) is 10.8 Å². The minimum absolute atomic E-state index is 0.0366. The molecule has 1 aromatic rings. The van der Waals surface area contributed by atoms with Gasteiger partial charge in [-0.2, -0.15) is 12.6 Å². The Morgan fingerprint density at radius 1 is 1.03 bits per heavy atom. The van der Waals surface area contributed by atoms with Gasteiger partial charge >= 0.3 is 5.97 Å². The topological polar surface area (TPSA) is 171 Å². The predicted molar refractivity (Wildman–Crippen MR) is 113 cm³/mol. The Labute approximate surface area is 180 Å². The quantitative estimate of drug-likeness (QED) is 0.217. The number of aliphatic carboxylic acids is 1. The van der Waals surface area contributed by atoms with Crippen molar-refractivity contribution < 1.29 is 29.4 Å². The molecule has 3 unspecified atom stereocenters. The summed E-state index contributed by atoms with van der Waals surface area (Å²) in [6.45, 7) is 2.80. The molecule has 0 radical (unpaired) electrons. The Kier molecular flexibility index (Phi) is 10.1. The zero-order valence-corrected chi connectivity index (χ0v) is 17.7. The molecule has 0 aliphatic carbocycles. The molecule has 0 aromatic heterocycles. The van der Waals surface area contributed by atoms with Crippen molar-refractivity contribution in [1.29, 1.82) is 0 Å². The molecule has 30 heavy (non-hydrogen) atoms. The maximum atomic E-state index is 12.5.